The molecule has 0 bridgehead atoms. The Bertz CT molecular complexity index is 784. The fraction of sp³-hybridized carbons (Fsp3) is 0.611. The highest BCUT2D eigenvalue weighted by atomic mass is 35.5. The molecule has 2 aliphatic heterocycles. The number of piperazine rings is 1. The van der Waals surface area contributed by atoms with Crippen LogP contribution in [0.5, 0.6) is 0 Å². The Morgan fingerprint density at radius 1 is 1.08 bits per heavy atom. The SMILES string of the molecule is Cl.O=C1CNCCN1C1CCCN(S(=O)(=O)c2ccc3c(c2)CCC3)C1. The first-order valence-electron chi connectivity index (χ1n) is 9.18. The number of sulfonamides is 1. The van der Waals surface area contributed by atoms with Crippen molar-refractivity contribution < 1.29 is 13.2 Å². The summed E-state index contributed by atoms with van der Waals surface area (Å²) in [5.74, 6) is 0.0769. The second kappa shape index (κ2) is 7.84. The summed E-state index contributed by atoms with van der Waals surface area (Å²) >= 11 is 0. The molecule has 144 valence electrons. The second-order valence-corrected chi connectivity index (χ2v) is 9.15. The van der Waals surface area contributed by atoms with E-state index in [0.717, 1.165) is 38.6 Å². The van der Waals surface area contributed by atoms with Gasteiger partial charge in [-0.05, 0) is 55.4 Å². The molecule has 8 heteroatoms. The van der Waals surface area contributed by atoms with Gasteiger partial charge in [-0.25, -0.2) is 8.42 Å². The predicted molar refractivity (Wildman–Crippen MR) is 102 cm³/mol. The van der Waals surface area contributed by atoms with Crippen LogP contribution in [-0.2, 0) is 27.7 Å². The van der Waals surface area contributed by atoms with Crippen molar-refractivity contribution >= 4 is 28.3 Å². The third-order valence-electron chi connectivity index (χ3n) is 5.63. The first-order chi connectivity index (χ1) is 12.1. The van der Waals surface area contributed by atoms with Crippen LogP contribution >= 0.6 is 12.4 Å². The molecule has 1 N–H and O–H groups in total. The van der Waals surface area contributed by atoms with Crippen LogP contribution in [0.15, 0.2) is 23.1 Å². The van der Waals surface area contributed by atoms with E-state index in [1.54, 1.807) is 10.4 Å². The Hall–Kier alpha value is -1.15. The third-order valence-corrected chi connectivity index (χ3v) is 7.49. The number of amides is 1. The maximum atomic E-state index is 13.1. The molecule has 6 nitrogen and oxygen atoms in total. The average Bonchev–Trinajstić information content (AvgIpc) is 3.10. The van der Waals surface area contributed by atoms with Crippen molar-refractivity contribution in [2.24, 2.45) is 0 Å². The molecule has 0 spiro atoms. The van der Waals surface area contributed by atoms with E-state index in [-0.39, 0.29) is 24.4 Å². The zero-order chi connectivity index (χ0) is 17.4. The van der Waals surface area contributed by atoms with Crippen molar-refractivity contribution in [1.82, 2.24) is 14.5 Å². The highest BCUT2D eigenvalue weighted by Crippen LogP contribution is 2.28. The van der Waals surface area contributed by atoms with Gasteiger partial charge in [-0.3, -0.25) is 4.79 Å². The van der Waals surface area contributed by atoms with E-state index in [1.165, 1.54) is 11.1 Å². The summed E-state index contributed by atoms with van der Waals surface area (Å²) in [6, 6.07) is 5.57. The number of halogens is 1. The second-order valence-electron chi connectivity index (χ2n) is 7.21. The zero-order valence-electron chi connectivity index (χ0n) is 14.8. The summed E-state index contributed by atoms with van der Waals surface area (Å²) < 4.78 is 27.8. The number of hydrogen-bond donors (Lipinski definition) is 1. The van der Waals surface area contributed by atoms with Gasteiger partial charge < -0.3 is 10.2 Å². The minimum atomic E-state index is -3.49. The Labute approximate surface area is 161 Å². The number of piperidine rings is 1. The Morgan fingerprint density at radius 2 is 1.88 bits per heavy atom. The van der Waals surface area contributed by atoms with Crippen LogP contribution < -0.4 is 5.32 Å². The average molecular weight is 400 g/mol. The Balaban J connectivity index is 0.00000196. The zero-order valence-corrected chi connectivity index (χ0v) is 16.4. The van der Waals surface area contributed by atoms with E-state index < -0.39 is 10.0 Å². The van der Waals surface area contributed by atoms with Gasteiger partial charge in [-0.15, -0.1) is 12.4 Å². The fourth-order valence-electron chi connectivity index (χ4n) is 4.26. The lowest BCUT2D eigenvalue weighted by Gasteiger charge is -2.40. The molecular weight excluding hydrogens is 374 g/mol. The lowest BCUT2D eigenvalue weighted by atomic mass is 10.1. The monoisotopic (exact) mass is 399 g/mol. The normalized spacial score (nSPS) is 24.2. The van der Waals surface area contributed by atoms with Crippen LogP contribution in [0.25, 0.3) is 0 Å². The summed E-state index contributed by atoms with van der Waals surface area (Å²) in [7, 11) is -3.49. The van der Waals surface area contributed by atoms with Gasteiger partial charge >= 0.3 is 0 Å². The molecule has 2 saturated heterocycles. The molecule has 0 aromatic heterocycles. The summed E-state index contributed by atoms with van der Waals surface area (Å²) in [6.07, 6.45) is 4.80. The van der Waals surface area contributed by atoms with E-state index in [0.29, 0.717) is 31.1 Å². The van der Waals surface area contributed by atoms with Gasteiger partial charge in [-0.2, -0.15) is 4.31 Å². The fourth-order valence-corrected chi connectivity index (χ4v) is 5.83. The predicted octanol–water partition coefficient (Wildman–Crippen LogP) is 1.18. The van der Waals surface area contributed by atoms with E-state index >= 15 is 0 Å². The molecule has 1 aromatic rings. The summed E-state index contributed by atoms with van der Waals surface area (Å²) in [6.45, 7) is 2.74. The van der Waals surface area contributed by atoms with Crippen molar-refractivity contribution in [1.29, 1.82) is 0 Å². The lowest BCUT2D eigenvalue weighted by Crippen LogP contribution is -2.57. The number of rotatable bonds is 3. The maximum Gasteiger partial charge on any atom is 0.243 e. The summed E-state index contributed by atoms with van der Waals surface area (Å²) in [4.78, 5) is 14.4. The molecular formula is C18H26ClN3O3S. The van der Waals surface area contributed by atoms with Gasteiger partial charge in [0.2, 0.25) is 15.9 Å². The van der Waals surface area contributed by atoms with Crippen LogP contribution in [-0.4, -0.2) is 62.3 Å². The number of carbonyl (C=O) groups excluding carboxylic acids is 1. The molecule has 1 atom stereocenters. The van der Waals surface area contributed by atoms with Crippen molar-refractivity contribution in [3.05, 3.63) is 29.3 Å². The van der Waals surface area contributed by atoms with E-state index in [1.807, 2.05) is 17.0 Å². The standard InChI is InChI=1S/C18H25N3O3S.ClH/c22-18-12-19-8-10-21(18)16-5-2-9-20(13-16)25(23,24)17-7-6-14-3-1-4-15(14)11-17;/h6-7,11,16,19H,1-5,8-10,12-13H2;1H. The van der Waals surface area contributed by atoms with E-state index in [2.05, 4.69) is 5.32 Å². The lowest BCUT2D eigenvalue weighted by molar-refractivity contribution is -0.135. The molecule has 1 unspecified atom stereocenters. The minimum Gasteiger partial charge on any atom is -0.336 e. The number of carbonyl (C=O) groups is 1. The molecule has 0 saturated carbocycles. The largest absolute Gasteiger partial charge is 0.336 e. The van der Waals surface area contributed by atoms with Gasteiger partial charge in [0.05, 0.1) is 11.4 Å². The number of fused-ring (bicyclic) bond motifs is 1. The number of hydrogen-bond acceptors (Lipinski definition) is 4. The minimum absolute atomic E-state index is 0. The number of aryl methyl sites for hydroxylation is 2. The third kappa shape index (κ3) is 3.63. The number of nitrogens with zero attached hydrogens (tertiary/aromatic N) is 2. The quantitative estimate of drug-likeness (QED) is 0.828. The van der Waals surface area contributed by atoms with Crippen molar-refractivity contribution in [2.75, 3.05) is 32.7 Å². The molecule has 2 fully saturated rings. The van der Waals surface area contributed by atoms with E-state index in [4.69, 9.17) is 0 Å². The van der Waals surface area contributed by atoms with Crippen LogP contribution in [0, 0.1) is 0 Å². The van der Waals surface area contributed by atoms with Crippen LogP contribution in [0.2, 0.25) is 0 Å². The topological polar surface area (TPSA) is 69.7 Å². The van der Waals surface area contributed by atoms with Gasteiger partial charge in [0.25, 0.3) is 0 Å². The smallest absolute Gasteiger partial charge is 0.243 e. The van der Waals surface area contributed by atoms with Gasteiger partial charge in [-0.1, -0.05) is 6.07 Å². The molecule has 1 aliphatic carbocycles. The Morgan fingerprint density at radius 3 is 2.69 bits per heavy atom. The molecule has 3 aliphatic rings. The Kier molecular flexibility index (Phi) is 5.91. The number of benzene rings is 1. The highest BCUT2D eigenvalue weighted by molar-refractivity contribution is 7.89. The molecule has 0 radical (unpaired) electrons. The first kappa shape index (κ1) is 19.6. The summed E-state index contributed by atoms with van der Waals surface area (Å²) in [5.41, 5.74) is 2.45. The van der Waals surface area contributed by atoms with Crippen LogP contribution in [0.1, 0.15) is 30.4 Å². The van der Waals surface area contributed by atoms with Crippen LogP contribution in [0.3, 0.4) is 0 Å². The van der Waals surface area contributed by atoms with Crippen molar-refractivity contribution in [2.45, 2.75) is 43.0 Å². The first-order valence-corrected chi connectivity index (χ1v) is 10.6. The van der Waals surface area contributed by atoms with Gasteiger partial charge in [0.15, 0.2) is 0 Å². The molecule has 4 rings (SSSR count). The van der Waals surface area contributed by atoms with E-state index in [9.17, 15) is 13.2 Å². The van der Waals surface area contributed by atoms with Crippen molar-refractivity contribution in [3.63, 3.8) is 0 Å². The van der Waals surface area contributed by atoms with Crippen LogP contribution in [0.4, 0.5) is 0 Å². The number of nitrogens with one attached hydrogen (secondary N) is 1. The molecule has 1 aromatic carbocycles. The maximum absolute atomic E-state index is 13.1. The molecule has 26 heavy (non-hydrogen) atoms. The molecule has 1 amide bonds. The van der Waals surface area contributed by atoms with Gasteiger partial charge in [0.1, 0.15) is 0 Å². The summed E-state index contributed by atoms with van der Waals surface area (Å²) in [5, 5.41) is 3.07. The van der Waals surface area contributed by atoms with Gasteiger partial charge in [0, 0.05) is 32.2 Å². The molecule has 2 heterocycles. The highest BCUT2D eigenvalue weighted by Gasteiger charge is 2.35. The van der Waals surface area contributed by atoms with Crippen molar-refractivity contribution in [3.8, 4) is 0 Å².